The first-order valence-electron chi connectivity index (χ1n) is 27.7. The van der Waals surface area contributed by atoms with E-state index in [1.54, 1.807) is 0 Å². The van der Waals surface area contributed by atoms with E-state index in [1.165, 1.54) is 167 Å². The van der Waals surface area contributed by atoms with Gasteiger partial charge in [0.15, 0.2) is 0 Å². The molecule has 0 bridgehead atoms. The molecular formula is C55H109NO5. The number of nitrogens with zero attached hydrogens (tertiary/aromatic N) is 1. The average molecular weight is 864 g/mol. The van der Waals surface area contributed by atoms with Crippen LogP contribution in [0.1, 0.15) is 304 Å². The van der Waals surface area contributed by atoms with Gasteiger partial charge in [-0.05, 0) is 90.3 Å². The van der Waals surface area contributed by atoms with Crippen LogP contribution in [0.2, 0.25) is 0 Å². The van der Waals surface area contributed by atoms with Crippen LogP contribution in [0.4, 0.5) is 0 Å². The summed E-state index contributed by atoms with van der Waals surface area (Å²) in [5.41, 5.74) is -0.596. The first kappa shape index (κ1) is 59.9. The lowest BCUT2D eigenvalue weighted by molar-refractivity contribution is -0.144. The van der Waals surface area contributed by atoms with Crippen molar-refractivity contribution in [2.75, 3.05) is 32.8 Å². The molecule has 0 saturated heterocycles. The average Bonchev–Trinajstić information content (AvgIpc) is 3.25. The van der Waals surface area contributed by atoms with Gasteiger partial charge in [0.1, 0.15) is 0 Å². The molecular weight excluding hydrogens is 755 g/mol. The van der Waals surface area contributed by atoms with Gasteiger partial charge in [-0.25, -0.2) is 0 Å². The molecule has 0 aliphatic heterocycles. The van der Waals surface area contributed by atoms with Crippen LogP contribution in [0, 0.1) is 0 Å². The van der Waals surface area contributed by atoms with Crippen LogP contribution in [0.5, 0.6) is 0 Å². The van der Waals surface area contributed by atoms with Gasteiger partial charge in [-0.1, -0.05) is 220 Å². The highest BCUT2D eigenvalue weighted by molar-refractivity contribution is 5.69. The van der Waals surface area contributed by atoms with Crippen molar-refractivity contribution in [3.05, 3.63) is 0 Å². The van der Waals surface area contributed by atoms with Gasteiger partial charge in [-0.3, -0.25) is 9.59 Å². The molecule has 0 saturated carbocycles. The summed E-state index contributed by atoms with van der Waals surface area (Å²) >= 11 is 0. The molecule has 364 valence electrons. The Morgan fingerprint density at radius 2 is 0.623 bits per heavy atom. The number of esters is 2. The monoisotopic (exact) mass is 864 g/mol. The molecule has 6 nitrogen and oxygen atoms in total. The van der Waals surface area contributed by atoms with Crippen molar-refractivity contribution >= 4 is 11.9 Å². The Kier molecular flexibility index (Phi) is 47.4. The smallest absolute Gasteiger partial charge is 0.305 e. The van der Waals surface area contributed by atoms with E-state index in [1.807, 2.05) is 0 Å². The Balaban J connectivity index is 4.14. The van der Waals surface area contributed by atoms with E-state index in [-0.39, 0.29) is 11.9 Å². The lowest BCUT2D eigenvalue weighted by Crippen LogP contribution is -2.30. The number of ether oxygens (including phenoxy) is 2. The minimum atomic E-state index is -0.596. The van der Waals surface area contributed by atoms with Gasteiger partial charge in [0.2, 0.25) is 0 Å². The van der Waals surface area contributed by atoms with Crippen LogP contribution in [0.15, 0.2) is 0 Å². The molecule has 61 heavy (non-hydrogen) atoms. The van der Waals surface area contributed by atoms with E-state index in [0.29, 0.717) is 26.1 Å². The van der Waals surface area contributed by atoms with Crippen molar-refractivity contribution in [1.82, 2.24) is 4.90 Å². The SMILES string of the molecule is CCCCCCCCCCCCCCCC(=O)OCCCCCCC(O)(CCCCCCOC(=O)CCCCCCCCCCCCCCC)CCCCN(CCC)CCC. The normalized spacial score (nSPS) is 11.8. The summed E-state index contributed by atoms with van der Waals surface area (Å²) in [5, 5.41) is 11.8. The Bertz CT molecular complexity index is 833. The highest BCUT2D eigenvalue weighted by Gasteiger charge is 2.25. The van der Waals surface area contributed by atoms with E-state index >= 15 is 0 Å². The number of aliphatic hydroxyl groups is 1. The molecule has 0 rings (SSSR count). The lowest BCUT2D eigenvalue weighted by Gasteiger charge is -2.29. The molecule has 0 radical (unpaired) electrons. The van der Waals surface area contributed by atoms with E-state index in [4.69, 9.17) is 9.47 Å². The third-order valence-corrected chi connectivity index (χ3v) is 13.0. The van der Waals surface area contributed by atoms with Crippen molar-refractivity contribution in [2.45, 2.75) is 309 Å². The molecule has 0 aromatic rings. The lowest BCUT2D eigenvalue weighted by atomic mass is 9.85. The van der Waals surface area contributed by atoms with E-state index in [2.05, 4.69) is 32.6 Å². The third-order valence-electron chi connectivity index (χ3n) is 13.0. The largest absolute Gasteiger partial charge is 0.466 e. The Labute approximate surface area is 382 Å². The summed E-state index contributed by atoms with van der Waals surface area (Å²) < 4.78 is 11.1. The number of hydrogen-bond donors (Lipinski definition) is 1. The van der Waals surface area contributed by atoms with Crippen LogP contribution < -0.4 is 0 Å². The number of carbonyl (C=O) groups excluding carboxylic acids is 2. The fraction of sp³-hybridized carbons (Fsp3) is 0.964. The fourth-order valence-electron chi connectivity index (χ4n) is 9.04. The standard InChI is InChI=1S/C55H109NO5/c1-5-9-11-13-15-17-19-21-23-25-27-29-35-43-53(57)60-51-41-33-31-37-45-55(59,47-39-40-50-56(48-7-3)49-8-4)46-38-32-34-42-52-61-54(58)44-36-30-28-26-24-22-20-18-16-14-12-10-6-2/h59H,5-52H2,1-4H3. The third kappa shape index (κ3) is 45.2. The summed E-state index contributed by atoms with van der Waals surface area (Å²) in [6.07, 6.45) is 50.6. The second-order valence-electron chi connectivity index (χ2n) is 19.3. The highest BCUT2D eigenvalue weighted by Crippen LogP contribution is 2.29. The molecule has 0 fully saturated rings. The molecule has 6 heteroatoms. The Morgan fingerprint density at radius 1 is 0.344 bits per heavy atom. The number of carbonyl (C=O) groups is 2. The zero-order chi connectivity index (χ0) is 44.6. The maximum Gasteiger partial charge on any atom is 0.305 e. The van der Waals surface area contributed by atoms with Crippen molar-refractivity contribution in [3.8, 4) is 0 Å². The second kappa shape index (κ2) is 48.3. The summed E-state index contributed by atoms with van der Waals surface area (Å²) in [4.78, 5) is 27.1. The van der Waals surface area contributed by atoms with Crippen molar-refractivity contribution in [3.63, 3.8) is 0 Å². The molecule has 0 aromatic carbocycles. The van der Waals surface area contributed by atoms with Crippen LogP contribution >= 0.6 is 0 Å². The minimum Gasteiger partial charge on any atom is -0.466 e. The van der Waals surface area contributed by atoms with Gasteiger partial charge < -0.3 is 19.5 Å². The molecule has 0 spiro atoms. The second-order valence-corrected chi connectivity index (χ2v) is 19.3. The van der Waals surface area contributed by atoms with Crippen LogP contribution in [-0.2, 0) is 19.1 Å². The van der Waals surface area contributed by atoms with Crippen molar-refractivity contribution in [2.24, 2.45) is 0 Å². The summed E-state index contributed by atoms with van der Waals surface area (Å²) in [6, 6.07) is 0. The predicted molar refractivity (Wildman–Crippen MR) is 265 cm³/mol. The molecule has 0 aliphatic rings. The minimum absolute atomic E-state index is 0.0305. The van der Waals surface area contributed by atoms with E-state index in [0.717, 1.165) is 116 Å². The van der Waals surface area contributed by atoms with E-state index in [9.17, 15) is 14.7 Å². The van der Waals surface area contributed by atoms with Gasteiger partial charge >= 0.3 is 11.9 Å². The molecule has 0 unspecified atom stereocenters. The number of unbranched alkanes of at least 4 members (excludes halogenated alkanes) is 31. The molecule has 0 aromatic heterocycles. The maximum atomic E-state index is 12.3. The first-order valence-corrected chi connectivity index (χ1v) is 27.7. The molecule has 0 atom stereocenters. The Morgan fingerprint density at radius 3 is 0.951 bits per heavy atom. The fourth-order valence-corrected chi connectivity index (χ4v) is 9.04. The zero-order valence-electron chi connectivity index (χ0n) is 42.0. The van der Waals surface area contributed by atoms with Gasteiger partial charge in [0, 0.05) is 12.8 Å². The van der Waals surface area contributed by atoms with Crippen LogP contribution in [-0.4, -0.2) is 60.4 Å². The van der Waals surface area contributed by atoms with Crippen molar-refractivity contribution < 1.29 is 24.2 Å². The topological polar surface area (TPSA) is 76.1 Å². The van der Waals surface area contributed by atoms with Crippen LogP contribution in [0.3, 0.4) is 0 Å². The predicted octanol–water partition coefficient (Wildman–Crippen LogP) is 17.0. The molecule has 1 N–H and O–H groups in total. The Hall–Kier alpha value is -1.14. The highest BCUT2D eigenvalue weighted by atomic mass is 16.5. The van der Waals surface area contributed by atoms with Crippen molar-refractivity contribution in [1.29, 1.82) is 0 Å². The van der Waals surface area contributed by atoms with E-state index < -0.39 is 5.60 Å². The summed E-state index contributed by atoms with van der Waals surface area (Å²) in [7, 11) is 0. The molecule has 0 amide bonds. The van der Waals surface area contributed by atoms with Crippen LogP contribution in [0.25, 0.3) is 0 Å². The molecule has 0 heterocycles. The quantitative estimate of drug-likeness (QED) is 0.0485. The van der Waals surface area contributed by atoms with Gasteiger partial charge in [-0.15, -0.1) is 0 Å². The maximum absolute atomic E-state index is 12.3. The van der Waals surface area contributed by atoms with Gasteiger partial charge in [-0.2, -0.15) is 0 Å². The molecule has 0 aliphatic carbocycles. The number of rotatable bonds is 51. The zero-order valence-corrected chi connectivity index (χ0v) is 42.0. The summed E-state index contributed by atoms with van der Waals surface area (Å²) in [5.74, 6) is -0.0610. The number of hydrogen-bond acceptors (Lipinski definition) is 6. The first-order chi connectivity index (χ1) is 29.9. The van der Waals surface area contributed by atoms with Gasteiger partial charge in [0.05, 0.1) is 18.8 Å². The summed E-state index contributed by atoms with van der Waals surface area (Å²) in [6.45, 7) is 13.6. The van der Waals surface area contributed by atoms with Gasteiger partial charge in [0.25, 0.3) is 0 Å².